The molecule has 3 atom stereocenters. The van der Waals surface area contributed by atoms with Gasteiger partial charge in [0.25, 0.3) is 5.91 Å². The van der Waals surface area contributed by atoms with E-state index in [4.69, 9.17) is 0 Å². The molecule has 2 bridgehead atoms. The third-order valence-corrected chi connectivity index (χ3v) is 7.43. The number of hydrogen-bond donors (Lipinski definition) is 1. The Kier molecular flexibility index (Phi) is 4.64. The average Bonchev–Trinajstić information content (AvgIpc) is 3.31. The minimum absolute atomic E-state index is 0.179. The van der Waals surface area contributed by atoms with Crippen molar-refractivity contribution in [2.45, 2.75) is 56.9 Å². The second-order valence-corrected chi connectivity index (χ2v) is 9.55. The number of anilines is 1. The summed E-state index contributed by atoms with van der Waals surface area (Å²) in [4.78, 5) is 14.9. The summed E-state index contributed by atoms with van der Waals surface area (Å²) in [7, 11) is 2.10. The molecule has 0 aliphatic carbocycles. The summed E-state index contributed by atoms with van der Waals surface area (Å²) in [5, 5.41) is 12.0. The Balaban J connectivity index is 1.33. The van der Waals surface area contributed by atoms with E-state index in [2.05, 4.69) is 39.3 Å². The maximum atomic E-state index is 13.1. The molecule has 1 aromatic carbocycles. The number of nitrogens with one attached hydrogen (secondary N) is 1. The molecule has 2 aromatic heterocycles. The Morgan fingerprint density at radius 2 is 1.91 bits per heavy atom. The molecule has 3 aliphatic rings. The Labute approximate surface area is 194 Å². The van der Waals surface area contributed by atoms with Gasteiger partial charge in [0.2, 0.25) is 0 Å². The number of aryl methyl sites for hydroxylation is 1. The SMILES string of the molecule is CC1CC(c2ccc(C(F)(F)F)nn2)=CC(=O)N1c1ccc2c3c(n(C)c2c1)CC1CCC3N1. The molecule has 34 heavy (non-hydrogen) atoms. The van der Waals surface area contributed by atoms with E-state index < -0.39 is 11.9 Å². The Hall–Kier alpha value is -3.20. The van der Waals surface area contributed by atoms with Gasteiger partial charge in [0.15, 0.2) is 5.69 Å². The molecule has 0 spiro atoms. The monoisotopic (exact) mass is 467 g/mol. The number of carbonyl (C=O) groups is 1. The standard InChI is InChI=1S/C25H24F3N5O/c1-13-9-14(18-7-8-22(31-30-18)25(26,27)28)10-23(34)33(13)16-4-5-17-20(12-16)32(2)21-11-15-3-6-19(29-15)24(17)21/h4-5,7-8,10,12-13,15,19,29H,3,6,9,11H2,1-2H3. The zero-order valence-corrected chi connectivity index (χ0v) is 18.9. The summed E-state index contributed by atoms with van der Waals surface area (Å²) >= 11 is 0. The highest BCUT2D eigenvalue weighted by Gasteiger charge is 2.37. The fraction of sp³-hybridized carbons (Fsp3) is 0.400. The van der Waals surface area contributed by atoms with Crippen LogP contribution in [0.25, 0.3) is 16.5 Å². The highest BCUT2D eigenvalue weighted by molar-refractivity contribution is 6.08. The largest absolute Gasteiger partial charge is 0.435 e. The smallest absolute Gasteiger partial charge is 0.347 e. The van der Waals surface area contributed by atoms with Crippen LogP contribution in [0.15, 0.2) is 36.4 Å². The third-order valence-electron chi connectivity index (χ3n) is 7.43. The molecule has 6 rings (SSSR count). The molecule has 0 saturated carbocycles. The lowest BCUT2D eigenvalue weighted by molar-refractivity contribution is -0.141. The summed E-state index contributed by atoms with van der Waals surface area (Å²) in [6.07, 6.45) is 0.765. The lowest BCUT2D eigenvalue weighted by Crippen LogP contribution is -2.40. The van der Waals surface area contributed by atoms with E-state index in [0.717, 1.165) is 30.1 Å². The van der Waals surface area contributed by atoms with E-state index in [1.165, 1.54) is 35.2 Å². The normalized spacial score (nSPS) is 24.5. The van der Waals surface area contributed by atoms with Crippen LogP contribution in [-0.2, 0) is 24.4 Å². The Morgan fingerprint density at radius 3 is 2.62 bits per heavy atom. The van der Waals surface area contributed by atoms with Crippen LogP contribution in [0.4, 0.5) is 18.9 Å². The first kappa shape index (κ1) is 21.3. The molecule has 9 heteroatoms. The molecule has 3 aromatic rings. The number of benzene rings is 1. The van der Waals surface area contributed by atoms with E-state index in [1.807, 2.05) is 13.0 Å². The zero-order chi connectivity index (χ0) is 23.8. The maximum absolute atomic E-state index is 13.1. The third kappa shape index (κ3) is 3.25. The van der Waals surface area contributed by atoms with Gasteiger partial charge in [-0.25, -0.2) is 0 Å². The van der Waals surface area contributed by atoms with Crippen LogP contribution >= 0.6 is 0 Å². The second-order valence-electron chi connectivity index (χ2n) is 9.55. The van der Waals surface area contributed by atoms with Gasteiger partial charge in [0, 0.05) is 54.4 Å². The number of rotatable bonds is 2. The molecule has 5 heterocycles. The van der Waals surface area contributed by atoms with Crippen molar-refractivity contribution < 1.29 is 18.0 Å². The fourth-order valence-corrected chi connectivity index (χ4v) is 5.85. The summed E-state index contributed by atoms with van der Waals surface area (Å²) in [6.45, 7) is 1.94. The topological polar surface area (TPSA) is 63.1 Å². The summed E-state index contributed by atoms with van der Waals surface area (Å²) in [6, 6.07) is 9.12. The van der Waals surface area contributed by atoms with Gasteiger partial charge < -0.3 is 14.8 Å². The molecule has 3 unspecified atom stereocenters. The molecule has 1 amide bonds. The minimum Gasteiger partial charge on any atom is -0.347 e. The zero-order valence-electron chi connectivity index (χ0n) is 18.9. The number of amides is 1. The van der Waals surface area contributed by atoms with Crippen LogP contribution in [0.5, 0.6) is 0 Å². The lowest BCUT2D eigenvalue weighted by atomic mass is 9.96. The van der Waals surface area contributed by atoms with Gasteiger partial charge in [-0.2, -0.15) is 18.3 Å². The number of fused-ring (bicyclic) bond motifs is 6. The minimum atomic E-state index is -4.54. The van der Waals surface area contributed by atoms with Crippen LogP contribution in [0.1, 0.15) is 54.9 Å². The van der Waals surface area contributed by atoms with Crippen molar-refractivity contribution >= 4 is 28.1 Å². The molecular formula is C25H24F3N5O. The summed E-state index contributed by atoms with van der Waals surface area (Å²) < 4.78 is 40.7. The van der Waals surface area contributed by atoms with Crippen molar-refractivity contribution in [2.24, 2.45) is 7.05 Å². The molecule has 176 valence electrons. The first-order valence-electron chi connectivity index (χ1n) is 11.5. The van der Waals surface area contributed by atoms with E-state index in [9.17, 15) is 18.0 Å². The first-order chi connectivity index (χ1) is 16.2. The van der Waals surface area contributed by atoms with E-state index >= 15 is 0 Å². The lowest BCUT2D eigenvalue weighted by Gasteiger charge is -2.33. The van der Waals surface area contributed by atoms with Gasteiger partial charge >= 0.3 is 6.18 Å². The number of halogens is 3. The molecular weight excluding hydrogens is 443 g/mol. The molecule has 1 N–H and O–H groups in total. The Morgan fingerprint density at radius 1 is 1.09 bits per heavy atom. The molecule has 1 fully saturated rings. The van der Waals surface area contributed by atoms with Crippen molar-refractivity contribution in [1.29, 1.82) is 0 Å². The van der Waals surface area contributed by atoms with Gasteiger partial charge in [0.1, 0.15) is 0 Å². The van der Waals surface area contributed by atoms with Gasteiger partial charge in [-0.05, 0) is 61.6 Å². The predicted molar refractivity (Wildman–Crippen MR) is 122 cm³/mol. The predicted octanol–water partition coefficient (Wildman–Crippen LogP) is 4.55. The van der Waals surface area contributed by atoms with Crippen LogP contribution in [0, 0.1) is 0 Å². The highest BCUT2D eigenvalue weighted by atomic mass is 19.4. The van der Waals surface area contributed by atoms with Crippen molar-refractivity contribution in [1.82, 2.24) is 20.1 Å². The number of carbonyl (C=O) groups excluding carboxylic acids is 1. The molecule has 0 radical (unpaired) electrons. The van der Waals surface area contributed by atoms with Crippen molar-refractivity contribution in [3.05, 3.63) is 59.1 Å². The van der Waals surface area contributed by atoms with Gasteiger partial charge in [-0.3, -0.25) is 4.79 Å². The fourth-order valence-electron chi connectivity index (χ4n) is 5.85. The van der Waals surface area contributed by atoms with Crippen molar-refractivity contribution in [3.8, 4) is 0 Å². The van der Waals surface area contributed by atoms with Crippen LogP contribution in [0.2, 0.25) is 0 Å². The first-order valence-corrected chi connectivity index (χ1v) is 11.5. The summed E-state index contributed by atoms with van der Waals surface area (Å²) in [5.41, 5.74) is 4.53. The highest BCUT2D eigenvalue weighted by Crippen LogP contribution is 2.42. The van der Waals surface area contributed by atoms with Crippen molar-refractivity contribution in [2.75, 3.05) is 4.90 Å². The number of hydrogen-bond acceptors (Lipinski definition) is 4. The molecule has 3 aliphatic heterocycles. The number of nitrogens with zero attached hydrogens (tertiary/aromatic N) is 4. The van der Waals surface area contributed by atoms with Crippen LogP contribution in [-0.4, -0.2) is 32.8 Å². The molecule has 6 nitrogen and oxygen atoms in total. The van der Waals surface area contributed by atoms with Crippen molar-refractivity contribution in [3.63, 3.8) is 0 Å². The summed E-state index contributed by atoms with van der Waals surface area (Å²) in [5.74, 6) is -0.213. The second kappa shape index (κ2) is 7.40. The van der Waals surface area contributed by atoms with E-state index in [0.29, 0.717) is 29.8 Å². The van der Waals surface area contributed by atoms with E-state index in [-0.39, 0.29) is 11.9 Å². The van der Waals surface area contributed by atoms with Crippen LogP contribution < -0.4 is 10.2 Å². The maximum Gasteiger partial charge on any atom is 0.435 e. The number of alkyl halides is 3. The van der Waals surface area contributed by atoms with Gasteiger partial charge in [0.05, 0.1) is 11.2 Å². The Bertz CT molecular complexity index is 1340. The number of aromatic nitrogens is 3. The van der Waals surface area contributed by atoms with Gasteiger partial charge in [-0.1, -0.05) is 6.07 Å². The molecule has 1 saturated heterocycles. The average molecular weight is 467 g/mol. The van der Waals surface area contributed by atoms with E-state index in [1.54, 1.807) is 4.90 Å². The quantitative estimate of drug-likeness (QED) is 0.601. The van der Waals surface area contributed by atoms with Gasteiger partial charge in [-0.15, -0.1) is 5.10 Å². The van der Waals surface area contributed by atoms with Crippen LogP contribution in [0.3, 0.4) is 0 Å².